The molecule has 18 heavy (non-hydrogen) atoms. The fraction of sp³-hybridized carbons (Fsp3) is 1.00. The van der Waals surface area contributed by atoms with E-state index in [-0.39, 0.29) is 5.79 Å². The summed E-state index contributed by atoms with van der Waals surface area (Å²) in [5.41, 5.74) is 0. The molecule has 0 aromatic rings. The van der Waals surface area contributed by atoms with E-state index >= 15 is 0 Å². The van der Waals surface area contributed by atoms with Crippen LogP contribution in [0.15, 0.2) is 0 Å². The molecule has 0 aromatic carbocycles. The van der Waals surface area contributed by atoms with Crippen LogP contribution in [0.1, 0.15) is 71.6 Å². The van der Waals surface area contributed by atoms with Crippen molar-refractivity contribution in [3.05, 3.63) is 0 Å². The van der Waals surface area contributed by atoms with Crippen molar-refractivity contribution in [2.75, 3.05) is 0 Å². The first-order valence-corrected chi connectivity index (χ1v) is 14.2. The summed E-state index contributed by atoms with van der Waals surface area (Å²) in [5.74, 6) is -0.324. The van der Waals surface area contributed by atoms with E-state index in [1.54, 1.807) is 0 Å². The SMILES string of the molecule is CCC[CH2][Sn]1([CH2]CCC)[O]OC2(CCCCC2)[O]1. The number of unbranched alkanes of at least 4 members (excludes halogenated alkanes) is 2. The van der Waals surface area contributed by atoms with E-state index in [1.807, 2.05) is 0 Å². The van der Waals surface area contributed by atoms with Crippen LogP contribution in [0.3, 0.4) is 0 Å². The molecule has 0 amide bonds. The van der Waals surface area contributed by atoms with Crippen molar-refractivity contribution in [3.8, 4) is 0 Å². The van der Waals surface area contributed by atoms with Gasteiger partial charge in [0.15, 0.2) is 0 Å². The van der Waals surface area contributed by atoms with Gasteiger partial charge in [0, 0.05) is 0 Å². The molecule has 1 spiro atoms. The molecule has 4 heteroatoms. The van der Waals surface area contributed by atoms with Crippen molar-refractivity contribution in [1.82, 2.24) is 0 Å². The Morgan fingerprint density at radius 3 is 2.11 bits per heavy atom. The van der Waals surface area contributed by atoms with Gasteiger partial charge in [-0.15, -0.1) is 0 Å². The molecular weight excluding hydrogens is 335 g/mol. The Balaban J connectivity index is 1.97. The van der Waals surface area contributed by atoms with Crippen LogP contribution in [0.25, 0.3) is 0 Å². The second-order valence-electron chi connectivity index (χ2n) is 5.86. The summed E-state index contributed by atoms with van der Waals surface area (Å²) >= 11 is -2.88. The fourth-order valence-electron chi connectivity index (χ4n) is 3.00. The van der Waals surface area contributed by atoms with Crippen LogP contribution < -0.4 is 0 Å². The van der Waals surface area contributed by atoms with Gasteiger partial charge in [0.05, 0.1) is 0 Å². The van der Waals surface area contributed by atoms with E-state index in [2.05, 4.69) is 13.8 Å². The second kappa shape index (κ2) is 6.91. The van der Waals surface area contributed by atoms with Crippen molar-refractivity contribution in [2.45, 2.75) is 86.3 Å². The third-order valence-electron chi connectivity index (χ3n) is 4.16. The molecule has 1 saturated heterocycles. The molecule has 0 aromatic heterocycles. The van der Waals surface area contributed by atoms with Crippen molar-refractivity contribution in [3.63, 3.8) is 0 Å². The predicted octanol–water partition coefficient (Wildman–Crippen LogP) is 4.67. The Morgan fingerprint density at radius 1 is 0.944 bits per heavy atom. The molecule has 2 rings (SSSR count). The molecule has 2 fully saturated rings. The molecule has 2 aliphatic rings. The van der Waals surface area contributed by atoms with Gasteiger partial charge in [-0.1, -0.05) is 0 Å². The second-order valence-corrected chi connectivity index (χ2v) is 15.0. The van der Waals surface area contributed by atoms with E-state index < -0.39 is 19.2 Å². The summed E-state index contributed by atoms with van der Waals surface area (Å²) in [7, 11) is 0. The van der Waals surface area contributed by atoms with E-state index in [0.29, 0.717) is 0 Å². The molecule has 0 unspecified atom stereocenters. The molecule has 1 aliphatic carbocycles. The first-order chi connectivity index (χ1) is 8.74. The quantitative estimate of drug-likeness (QED) is 0.507. The van der Waals surface area contributed by atoms with Crippen molar-refractivity contribution in [1.29, 1.82) is 0 Å². The molecular formula is C14H28O3Sn. The van der Waals surface area contributed by atoms with E-state index in [4.69, 9.17) is 11.2 Å². The molecule has 0 bridgehead atoms. The van der Waals surface area contributed by atoms with Crippen LogP contribution in [0.2, 0.25) is 8.87 Å². The van der Waals surface area contributed by atoms with Gasteiger partial charge in [-0.05, 0) is 0 Å². The van der Waals surface area contributed by atoms with Crippen molar-refractivity contribution >= 4 is 19.2 Å². The summed E-state index contributed by atoms with van der Waals surface area (Å²) in [6, 6.07) is 0. The Labute approximate surface area is 116 Å². The Bertz CT molecular complexity index is 243. The van der Waals surface area contributed by atoms with Gasteiger partial charge < -0.3 is 0 Å². The van der Waals surface area contributed by atoms with Crippen LogP contribution >= 0.6 is 0 Å². The zero-order chi connectivity index (χ0) is 12.9. The summed E-state index contributed by atoms with van der Waals surface area (Å²) in [6.07, 6.45) is 10.8. The van der Waals surface area contributed by atoms with Gasteiger partial charge in [-0.3, -0.25) is 0 Å². The minimum atomic E-state index is -2.88. The Hall–Kier alpha value is 0.679. The van der Waals surface area contributed by atoms with Gasteiger partial charge >= 0.3 is 117 Å². The molecule has 0 N–H and O–H groups in total. The minimum absolute atomic E-state index is 0.324. The van der Waals surface area contributed by atoms with E-state index in [0.717, 1.165) is 12.8 Å². The molecule has 0 atom stereocenters. The third-order valence-corrected chi connectivity index (χ3v) is 13.8. The predicted molar refractivity (Wildman–Crippen MR) is 74.3 cm³/mol. The molecule has 1 aliphatic heterocycles. The normalized spacial score (nSPS) is 25.7. The summed E-state index contributed by atoms with van der Waals surface area (Å²) < 4.78 is 14.8. The monoisotopic (exact) mass is 364 g/mol. The molecule has 0 radical (unpaired) electrons. The topological polar surface area (TPSA) is 27.7 Å². The van der Waals surface area contributed by atoms with Gasteiger partial charge in [0.25, 0.3) is 0 Å². The number of hydrogen-bond acceptors (Lipinski definition) is 3. The molecule has 106 valence electrons. The fourth-order valence-corrected chi connectivity index (χ4v) is 13.4. The maximum absolute atomic E-state index is 6.55. The van der Waals surface area contributed by atoms with Crippen LogP contribution in [-0.4, -0.2) is 25.0 Å². The number of rotatable bonds is 6. The van der Waals surface area contributed by atoms with Crippen LogP contribution in [0.5, 0.6) is 0 Å². The standard InChI is InChI=1S/C6H11O3.2C4H9.Sn/c7-6(9-8)4-2-1-3-5-6;2*1-3-4-2;/h8H,1-5H2;2*1,3-4H2,2H3;/q-1;;;+2/p-1. The Morgan fingerprint density at radius 2 is 1.56 bits per heavy atom. The van der Waals surface area contributed by atoms with Crippen molar-refractivity contribution in [2.24, 2.45) is 0 Å². The van der Waals surface area contributed by atoms with Gasteiger partial charge in [0.2, 0.25) is 0 Å². The first kappa shape index (κ1) is 15.1. The zero-order valence-corrected chi connectivity index (χ0v) is 14.9. The van der Waals surface area contributed by atoms with Crippen LogP contribution in [0, 0.1) is 0 Å². The maximum atomic E-state index is 6.55. The molecule has 1 saturated carbocycles. The molecule has 3 nitrogen and oxygen atoms in total. The summed E-state index contributed by atoms with van der Waals surface area (Å²) in [5, 5.41) is 0. The van der Waals surface area contributed by atoms with Crippen LogP contribution in [0.4, 0.5) is 0 Å². The molecule has 1 heterocycles. The van der Waals surface area contributed by atoms with E-state index in [9.17, 15) is 0 Å². The van der Waals surface area contributed by atoms with Gasteiger partial charge in [0.1, 0.15) is 0 Å². The average molecular weight is 363 g/mol. The van der Waals surface area contributed by atoms with Crippen molar-refractivity contribution < 1.29 is 11.2 Å². The van der Waals surface area contributed by atoms with Gasteiger partial charge in [-0.2, -0.15) is 0 Å². The zero-order valence-electron chi connectivity index (χ0n) is 12.0. The summed E-state index contributed by atoms with van der Waals surface area (Å²) in [6.45, 7) is 4.48. The van der Waals surface area contributed by atoms with E-state index in [1.165, 1.54) is 53.8 Å². The average Bonchev–Trinajstić information content (AvgIpc) is 2.75. The van der Waals surface area contributed by atoms with Gasteiger partial charge in [-0.25, -0.2) is 0 Å². The van der Waals surface area contributed by atoms with Crippen LogP contribution in [-0.2, 0) is 11.2 Å². The Kier molecular flexibility index (Phi) is 5.79. The first-order valence-electron chi connectivity index (χ1n) is 7.81. The third kappa shape index (κ3) is 3.61. The number of hydrogen-bond donors (Lipinski definition) is 0. The summed E-state index contributed by atoms with van der Waals surface area (Å²) in [4.78, 5) is 5.76.